The van der Waals surface area contributed by atoms with Crippen molar-refractivity contribution in [1.29, 1.82) is 10.5 Å². The quantitative estimate of drug-likeness (QED) is 0.236. The van der Waals surface area contributed by atoms with Crippen molar-refractivity contribution >= 4 is 60.8 Å². The Labute approximate surface area is 308 Å². The SMILES string of the molecule is N#Cc1ncn(C(=O)N2C3CCC2CN(c2nc(OC[C@@]45CCCN4C[C@H](F)C5)nc4c(F)c(-c5ccc(F)c6sc(N)c(C#N)c56)c(Cl)cc24)C3)n1. The summed E-state index contributed by atoms with van der Waals surface area (Å²) in [4.78, 5) is 32.5. The zero-order valence-corrected chi connectivity index (χ0v) is 29.5. The molecule has 9 rings (SSSR count). The first-order valence-corrected chi connectivity index (χ1v) is 18.3. The number of carbonyl (C=O) groups excluding carboxylic acids is 1. The number of nitrogens with zero attached hydrogens (tertiary/aromatic N) is 10. The average molecular weight is 760 g/mol. The molecule has 2 N–H and O–H groups in total. The number of anilines is 2. The zero-order chi connectivity index (χ0) is 36.8. The highest BCUT2D eigenvalue weighted by Gasteiger charge is 2.50. The van der Waals surface area contributed by atoms with Crippen molar-refractivity contribution in [3.05, 3.63) is 52.6 Å². The van der Waals surface area contributed by atoms with Crippen molar-refractivity contribution in [2.24, 2.45) is 0 Å². The minimum Gasteiger partial charge on any atom is -0.461 e. The molecule has 1 amide bonds. The van der Waals surface area contributed by atoms with Crippen LogP contribution in [0.25, 0.3) is 32.1 Å². The number of ether oxygens (including phenoxy) is 1. The number of amides is 1. The number of aromatic nitrogens is 5. The lowest BCUT2D eigenvalue weighted by Gasteiger charge is -2.41. The minimum absolute atomic E-state index is 0.0169. The number of halogens is 4. The second kappa shape index (κ2) is 12.4. The number of rotatable bonds is 5. The number of fused-ring (bicyclic) bond motifs is 5. The molecule has 0 aliphatic carbocycles. The summed E-state index contributed by atoms with van der Waals surface area (Å²) in [7, 11) is 0. The van der Waals surface area contributed by atoms with Crippen LogP contribution in [0.3, 0.4) is 0 Å². The van der Waals surface area contributed by atoms with Gasteiger partial charge in [-0.15, -0.1) is 16.4 Å². The van der Waals surface area contributed by atoms with Crippen LogP contribution in [0, 0.1) is 34.3 Å². The number of piperazine rings is 1. The number of hydrogen-bond donors (Lipinski definition) is 1. The fraction of sp³-hybridized carbons (Fsp3) is 0.400. The van der Waals surface area contributed by atoms with Crippen molar-refractivity contribution in [3.63, 3.8) is 0 Å². The lowest BCUT2D eigenvalue weighted by Crippen LogP contribution is -2.57. The number of nitriles is 2. The molecular weight excluding hydrogens is 731 g/mol. The van der Waals surface area contributed by atoms with Gasteiger partial charge in [0, 0.05) is 42.4 Å². The maximum atomic E-state index is 17.2. The molecule has 4 aliphatic heterocycles. The molecule has 4 saturated heterocycles. The smallest absolute Gasteiger partial charge is 0.346 e. The van der Waals surface area contributed by atoms with Gasteiger partial charge in [-0.2, -0.15) is 25.2 Å². The Balaban J connectivity index is 1.15. The van der Waals surface area contributed by atoms with E-state index in [1.165, 1.54) is 18.5 Å². The minimum atomic E-state index is -0.982. The number of alkyl halides is 1. The Bertz CT molecular complexity index is 2430. The summed E-state index contributed by atoms with van der Waals surface area (Å²) >= 11 is 7.78. The summed E-state index contributed by atoms with van der Waals surface area (Å²) in [6.45, 7) is 1.84. The van der Waals surface area contributed by atoms with Gasteiger partial charge in [0.2, 0.25) is 0 Å². The first-order chi connectivity index (χ1) is 25.6. The van der Waals surface area contributed by atoms with Crippen LogP contribution in [0.1, 0.15) is 43.5 Å². The monoisotopic (exact) mass is 759 g/mol. The molecule has 4 fully saturated rings. The molecule has 270 valence electrons. The molecule has 2 aromatic carbocycles. The number of nitrogens with two attached hydrogens (primary N) is 1. The molecule has 7 heterocycles. The second-order valence-electron chi connectivity index (χ2n) is 14.0. The van der Waals surface area contributed by atoms with E-state index in [1.54, 1.807) is 11.0 Å². The van der Waals surface area contributed by atoms with E-state index in [4.69, 9.17) is 32.3 Å². The summed E-state index contributed by atoms with van der Waals surface area (Å²) in [5, 5.41) is 23.6. The molecule has 2 bridgehead atoms. The first kappa shape index (κ1) is 33.6. The highest BCUT2D eigenvalue weighted by Crippen LogP contribution is 2.47. The Morgan fingerprint density at radius 3 is 2.68 bits per heavy atom. The summed E-state index contributed by atoms with van der Waals surface area (Å²) in [5.41, 5.74) is 5.55. The van der Waals surface area contributed by atoms with Crippen LogP contribution in [0.4, 0.5) is 28.8 Å². The lowest BCUT2D eigenvalue weighted by molar-refractivity contribution is 0.107. The van der Waals surface area contributed by atoms with Crippen LogP contribution < -0.4 is 15.4 Å². The standard InChI is InChI=1S/C35H29ClF3N11O2S/c36-23-8-21-29(28(39)27(23)20-4-5-24(38)30-26(20)22(10-40)31(42)53-30)44-33(52-15-35-6-1-7-48(35)12-17(37)9-35)45-32(21)47-13-18-2-3-19(14-47)50(18)34(51)49-16-43-25(11-41)46-49/h4-5,8,16-19H,1-3,6-7,9,12-15,42H2/t17-,18?,19?,35+/m1/s1. The summed E-state index contributed by atoms with van der Waals surface area (Å²) in [5.74, 6) is -1.21. The van der Waals surface area contributed by atoms with Gasteiger partial charge in [0.1, 0.15) is 53.4 Å². The largest absolute Gasteiger partial charge is 0.461 e. The van der Waals surface area contributed by atoms with Gasteiger partial charge in [-0.05, 0) is 49.9 Å². The van der Waals surface area contributed by atoms with Crippen molar-refractivity contribution < 1.29 is 22.7 Å². The molecular formula is C35H29ClF3N11O2S. The van der Waals surface area contributed by atoms with Crippen LogP contribution in [0.2, 0.25) is 5.02 Å². The van der Waals surface area contributed by atoms with E-state index in [0.29, 0.717) is 44.7 Å². The molecule has 4 atom stereocenters. The van der Waals surface area contributed by atoms with Crippen LogP contribution in [-0.2, 0) is 0 Å². The summed E-state index contributed by atoms with van der Waals surface area (Å²) in [6, 6.07) is 6.89. The van der Waals surface area contributed by atoms with E-state index in [0.717, 1.165) is 35.4 Å². The third-order valence-electron chi connectivity index (χ3n) is 11.1. The van der Waals surface area contributed by atoms with Gasteiger partial charge in [0.05, 0.1) is 32.9 Å². The number of thiophene rings is 1. The van der Waals surface area contributed by atoms with E-state index in [2.05, 4.69) is 20.0 Å². The molecule has 5 aromatic rings. The average Bonchev–Trinajstić information content (AvgIpc) is 3.95. The van der Waals surface area contributed by atoms with E-state index < -0.39 is 29.4 Å². The molecule has 18 heteroatoms. The van der Waals surface area contributed by atoms with E-state index in [-0.39, 0.29) is 78.2 Å². The molecule has 4 aliphatic rings. The Morgan fingerprint density at radius 2 is 1.94 bits per heavy atom. The molecule has 0 radical (unpaired) electrons. The number of benzene rings is 2. The van der Waals surface area contributed by atoms with Crippen LogP contribution >= 0.6 is 22.9 Å². The fourth-order valence-electron chi connectivity index (χ4n) is 8.78. The van der Waals surface area contributed by atoms with Crippen molar-refractivity contribution in [2.45, 2.75) is 55.9 Å². The Kier molecular flexibility index (Phi) is 7.88. The van der Waals surface area contributed by atoms with Crippen molar-refractivity contribution in [2.75, 3.05) is 43.4 Å². The molecule has 13 nitrogen and oxygen atoms in total. The van der Waals surface area contributed by atoms with Gasteiger partial charge in [-0.1, -0.05) is 17.7 Å². The molecule has 53 heavy (non-hydrogen) atoms. The normalized spacial score (nSPS) is 23.8. The summed E-state index contributed by atoms with van der Waals surface area (Å²) in [6.07, 6.45) is 3.57. The van der Waals surface area contributed by atoms with Crippen molar-refractivity contribution in [3.8, 4) is 29.3 Å². The van der Waals surface area contributed by atoms with E-state index in [1.807, 2.05) is 17.0 Å². The number of nitrogen functional groups attached to an aromatic ring is 1. The zero-order valence-electron chi connectivity index (χ0n) is 27.9. The maximum Gasteiger partial charge on any atom is 0.346 e. The van der Waals surface area contributed by atoms with Crippen LogP contribution in [-0.4, -0.2) is 97.1 Å². The third-order valence-corrected chi connectivity index (χ3v) is 12.4. The van der Waals surface area contributed by atoms with Gasteiger partial charge in [0.25, 0.3) is 5.82 Å². The van der Waals surface area contributed by atoms with Crippen LogP contribution in [0.15, 0.2) is 24.5 Å². The Hall–Kier alpha value is -5.23. The first-order valence-electron chi connectivity index (χ1n) is 17.1. The van der Waals surface area contributed by atoms with E-state index >= 15 is 4.39 Å². The van der Waals surface area contributed by atoms with Crippen LogP contribution in [0.5, 0.6) is 6.01 Å². The highest BCUT2D eigenvalue weighted by atomic mass is 35.5. The summed E-state index contributed by atoms with van der Waals surface area (Å²) < 4.78 is 54.2. The third kappa shape index (κ3) is 5.24. The molecule has 3 aromatic heterocycles. The topological polar surface area (TPSA) is 166 Å². The fourth-order valence-corrected chi connectivity index (χ4v) is 10.0. The predicted molar refractivity (Wildman–Crippen MR) is 189 cm³/mol. The number of hydrogen-bond acceptors (Lipinski definition) is 12. The van der Waals surface area contributed by atoms with Gasteiger partial charge >= 0.3 is 12.0 Å². The van der Waals surface area contributed by atoms with E-state index in [9.17, 15) is 18.8 Å². The molecule has 2 unspecified atom stereocenters. The van der Waals surface area contributed by atoms with Gasteiger partial charge in [-0.25, -0.2) is 22.9 Å². The number of carbonyl (C=O) groups is 1. The van der Waals surface area contributed by atoms with Gasteiger partial charge in [-0.3, -0.25) is 4.90 Å². The highest BCUT2D eigenvalue weighted by molar-refractivity contribution is 7.23. The van der Waals surface area contributed by atoms with Gasteiger partial charge in [0.15, 0.2) is 5.82 Å². The molecule has 0 saturated carbocycles. The lowest BCUT2D eigenvalue weighted by atomic mass is 9.95. The predicted octanol–water partition coefficient (Wildman–Crippen LogP) is 5.64. The van der Waals surface area contributed by atoms with Gasteiger partial charge < -0.3 is 20.3 Å². The second-order valence-corrected chi connectivity index (χ2v) is 15.5. The molecule has 0 spiro atoms. The maximum absolute atomic E-state index is 17.2. The van der Waals surface area contributed by atoms with Crippen molar-refractivity contribution in [1.82, 2.24) is 34.5 Å². The Morgan fingerprint density at radius 1 is 1.15 bits per heavy atom.